The Bertz CT molecular complexity index is 885. The fourth-order valence-corrected chi connectivity index (χ4v) is 2.60. The van der Waals surface area contributed by atoms with Gasteiger partial charge in [0.25, 0.3) is 0 Å². The molecule has 3 aromatic rings. The number of nitrogens with two attached hydrogens (primary N) is 2. The van der Waals surface area contributed by atoms with Crippen LogP contribution in [-0.2, 0) is 0 Å². The molecule has 0 amide bonds. The standard InChI is InChI=1S/C21H22N2O2/c1-13-12-20(24-18-8-4-16(22)5-9-18)14(2)15(3)21(13)25-19-10-6-17(23)7-11-19/h4-12H,22-23H2,1-3H3. The van der Waals surface area contributed by atoms with E-state index in [1.807, 2.05) is 75.4 Å². The summed E-state index contributed by atoms with van der Waals surface area (Å²) in [5, 5.41) is 0. The van der Waals surface area contributed by atoms with Crippen molar-refractivity contribution in [1.29, 1.82) is 0 Å². The van der Waals surface area contributed by atoms with Gasteiger partial charge in [-0.05, 0) is 92.1 Å². The number of hydrogen-bond acceptors (Lipinski definition) is 4. The van der Waals surface area contributed by atoms with E-state index in [0.717, 1.165) is 39.7 Å². The molecule has 3 rings (SSSR count). The van der Waals surface area contributed by atoms with E-state index in [1.165, 1.54) is 0 Å². The molecule has 0 heterocycles. The van der Waals surface area contributed by atoms with E-state index in [-0.39, 0.29) is 0 Å². The molecule has 0 unspecified atom stereocenters. The summed E-state index contributed by atoms with van der Waals surface area (Å²) < 4.78 is 12.1. The minimum Gasteiger partial charge on any atom is -0.457 e. The fourth-order valence-electron chi connectivity index (χ4n) is 2.60. The average Bonchev–Trinajstić information content (AvgIpc) is 2.60. The van der Waals surface area contributed by atoms with Crippen LogP contribution in [0.3, 0.4) is 0 Å². The van der Waals surface area contributed by atoms with E-state index in [1.54, 1.807) is 0 Å². The summed E-state index contributed by atoms with van der Waals surface area (Å²) in [5.74, 6) is 3.16. The van der Waals surface area contributed by atoms with Crippen LogP contribution in [0, 0.1) is 20.8 Å². The molecule has 0 saturated carbocycles. The highest BCUT2D eigenvalue weighted by Gasteiger charge is 2.14. The van der Waals surface area contributed by atoms with Gasteiger partial charge in [-0.3, -0.25) is 0 Å². The minimum atomic E-state index is 0.712. The van der Waals surface area contributed by atoms with Crippen LogP contribution in [-0.4, -0.2) is 0 Å². The van der Waals surface area contributed by atoms with Crippen LogP contribution in [0.25, 0.3) is 0 Å². The lowest BCUT2D eigenvalue weighted by molar-refractivity contribution is 0.460. The van der Waals surface area contributed by atoms with E-state index in [4.69, 9.17) is 20.9 Å². The van der Waals surface area contributed by atoms with E-state index in [0.29, 0.717) is 11.4 Å². The second kappa shape index (κ2) is 6.77. The number of benzene rings is 3. The summed E-state index contributed by atoms with van der Waals surface area (Å²) in [6.07, 6.45) is 0. The fraction of sp³-hybridized carbons (Fsp3) is 0.143. The van der Waals surface area contributed by atoms with Crippen LogP contribution in [0.1, 0.15) is 16.7 Å². The van der Waals surface area contributed by atoms with E-state index in [9.17, 15) is 0 Å². The van der Waals surface area contributed by atoms with Gasteiger partial charge in [0.05, 0.1) is 0 Å². The van der Waals surface area contributed by atoms with Crippen molar-refractivity contribution in [3.8, 4) is 23.0 Å². The lowest BCUT2D eigenvalue weighted by Gasteiger charge is -2.17. The Morgan fingerprint density at radius 3 is 1.64 bits per heavy atom. The van der Waals surface area contributed by atoms with Crippen LogP contribution in [0.5, 0.6) is 23.0 Å². The Labute approximate surface area is 148 Å². The maximum Gasteiger partial charge on any atom is 0.133 e. The highest BCUT2D eigenvalue weighted by atomic mass is 16.5. The van der Waals surface area contributed by atoms with Gasteiger partial charge in [-0.15, -0.1) is 0 Å². The molecule has 4 heteroatoms. The van der Waals surface area contributed by atoms with Crippen molar-refractivity contribution < 1.29 is 9.47 Å². The quantitative estimate of drug-likeness (QED) is 0.630. The molecule has 0 saturated heterocycles. The van der Waals surface area contributed by atoms with E-state index >= 15 is 0 Å². The van der Waals surface area contributed by atoms with Crippen molar-refractivity contribution in [1.82, 2.24) is 0 Å². The van der Waals surface area contributed by atoms with E-state index < -0.39 is 0 Å². The molecule has 0 aromatic heterocycles. The molecular weight excluding hydrogens is 312 g/mol. The Morgan fingerprint density at radius 2 is 1.12 bits per heavy atom. The van der Waals surface area contributed by atoms with Crippen molar-refractivity contribution in [2.24, 2.45) is 0 Å². The molecule has 128 valence electrons. The van der Waals surface area contributed by atoms with Gasteiger partial charge in [0, 0.05) is 11.4 Å². The zero-order chi connectivity index (χ0) is 18.0. The van der Waals surface area contributed by atoms with Crippen molar-refractivity contribution in [2.45, 2.75) is 20.8 Å². The number of nitrogen functional groups attached to an aromatic ring is 2. The Balaban J connectivity index is 1.90. The molecule has 0 spiro atoms. The van der Waals surface area contributed by atoms with E-state index in [2.05, 4.69) is 0 Å². The molecule has 4 nitrogen and oxygen atoms in total. The molecule has 0 aliphatic carbocycles. The monoisotopic (exact) mass is 334 g/mol. The molecule has 0 aliphatic rings. The Morgan fingerprint density at radius 1 is 0.640 bits per heavy atom. The van der Waals surface area contributed by atoms with Gasteiger partial charge in [0.1, 0.15) is 23.0 Å². The largest absolute Gasteiger partial charge is 0.457 e. The molecule has 3 aromatic carbocycles. The Hall–Kier alpha value is -3.14. The van der Waals surface area contributed by atoms with Gasteiger partial charge in [0.15, 0.2) is 0 Å². The average molecular weight is 334 g/mol. The first-order valence-electron chi connectivity index (χ1n) is 8.11. The summed E-state index contributed by atoms with van der Waals surface area (Å²) in [7, 11) is 0. The number of ether oxygens (including phenoxy) is 2. The van der Waals surface area contributed by atoms with Crippen molar-refractivity contribution in [2.75, 3.05) is 11.5 Å². The number of hydrogen-bond donors (Lipinski definition) is 2. The van der Waals surface area contributed by atoms with Gasteiger partial charge in [-0.2, -0.15) is 0 Å². The van der Waals surface area contributed by atoms with Gasteiger partial charge in [-0.1, -0.05) is 0 Å². The second-order valence-corrected chi connectivity index (χ2v) is 6.11. The lowest BCUT2D eigenvalue weighted by atomic mass is 10.0. The molecule has 25 heavy (non-hydrogen) atoms. The van der Waals surface area contributed by atoms with Gasteiger partial charge >= 0.3 is 0 Å². The molecule has 0 atom stereocenters. The van der Waals surface area contributed by atoms with Gasteiger partial charge in [0.2, 0.25) is 0 Å². The first-order chi connectivity index (χ1) is 11.9. The van der Waals surface area contributed by atoms with Crippen LogP contribution in [0.4, 0.5) is 11.4 Å². The zero-order valence-electron chi connectivity index (χ0n) is 14.7. The maximum absolute atomic E-state index is 6.07. The summed E-state index contributed by atoms with van der Waals surface area (Å²) >= 11 is 0. The first kappa shape index (κ1) is 16.7. The summed E-state index contributed by atoms with van der Waals surface area (Å²) in [4.78, 5) is 0. The zero-order valence-corrected chi connectivity index (χ0v) is 14.7. The van der Waals surface area contributed by atoms with Crippen molar-refractivity contribution in [3.05, 3.63) is 71.3 Å². The van der Waals surface area contributed by atoms with Crippen LogP contribution >= 0.6 is 0 Å². The Kier molecular flexibility index (Phi) is 4.52. The smallest absolute Gasteiger partial charge is 0.133 e. The topological polar surface area (TPSA) is 70.5 Å². The number of aryl methyl sites for hydroxylation is 1. The highest BCUT2D eigenvalue weighted by molar-refractivity contribution is 5.55. The third kappa shape index (κ3) is 3.69. The molecule has 0 fully saturated rings. The molecule has 0 bridgehead atoms. The van der Waals surface area contributed by atoms with Crippen LogP contribution in [0.15, 0.2) is 54.6 Å². The second-order valence-electron chi connectivity index (χ2n) is 6.11. The third-order valence-electron chi connectivity index (χ3n) is 4.19. The lowest BCUT2D eigenvalue weighted by Crippen LogP contribution is -1.97. The van der Waals surface area contributed by atoms with Crippen molar-refractivity contribution >= 4 is 11.4 Å². The predicted molar refractivity (Wildman–Crippen MR) is 103 cm³/mol. The minimum absolute atomic E-state index is 0.712. The van der Waals surface area contributed by atoms with Crippen LogP contribution in [0.2, 0.25) is 0 Å². The summed E-state index contributed by atoms with van der Waals surface area (Å²) in [6, 6.07) is 16.7. The molecule has 0 aliphatic heterocycles. The van der Waals surface area contributed by atoms with Gasteiger partial charge in [-0.25, -0.2) is 0 Å². The van der Waals surface area contributed by atoms with Gasteiger partial charge < -0.3 is 20.9 Å². The van der Waals surface area contributed by atoms with Crippen molar-refractivity contribution in [3.63, 3.8) is 0 Å². The predicted octanol–water partition coefficient (Wildman–Crippen LogP) is 5.36. The normalized spacial score (nSPS) is 10.5. The number of rotatable bonds is 4. The molecule has 4 N–H and O–H groups in total. The highest BCUT2D eigenvalue weighted by Crippen LogP contribution is 2.37. The number of anilines is 2. The third-order valence-corrected chi connectivity index (χ3v) is 4.19. The SMILES string of the molecule is Cc1cc(Oc2ccc(N)cc2)c(C)c(C)c1Oc1ccc(N)cc1. The maximum atomic E-state index is 6.07. The molecule has 0 radical (unpaired) electrons. The summed E-state index contributed by atoms with van der Waals surface area (Å²) in [5.41, 5.74) is 16.0. The first-order valence-corrected chi connectivity index (χ1v) is 8.11. The van der Waals surface area contributed by atoms with Crippen LogP contribution < -0.4 is 20.9 Å². The summed E-state index contributed by atoms with van der Waals surface area (Å²) in [6.45, 7) is 6.07. The molecular formula is C21H22N2O2.